The minimum absolute atomic E-state index is 0.403. The maximum atomic E-state index is 5.62. The quantitative estimate of drug-likeness (QED) is 0.622. The highest BCUT2D eigenvalue weighted by atomic mass is 16.5. The lowest BCUT2D eigenvalue weighted by Crippen LogP contribution is -2.21. The van der Waals surface area contributed by atoms with Crippen molar-refractivity contribution in [2.75, 3.05) is 26.4 Å². The van der Waals surface area contributed by atoms with Crippen LogP contribution in [0.1, 0.15) is 51.6 Å². The van der Waals surface area contributed by atoms with E-state index in [1.807, 2.05) is 6.92 Å². The van der Waals surface area contributed by atoms with Crippen molar-refractivity contribution < 1.29 is 9.47 Å². The molecular formula is C17H29NO2. The van der Waals surface area contributed by atoms with Gasteiger partial charge < -0.3 is 14.8 Å². The van der Waals surface area contributed by atoms with Crippen LogP contribution in [-0.2, 0) is 4.74 Å². The van der Waals surface area contributed by atoms with E-state index in [9.17, 15) is 0 Å². The molecule has 0 spiro atoms. The summed E-state index contributed by atoms with van der Waals surface area (Å²) >= 11 is 0. The van der Waals surface area contributed by atoms with Gasteiger partial charge in [-0.25, -0.2) is 0 Å². The van der Waals surface area contributed by atoms with E-state index >= 15 is 0 Å². The Morgan fingerprint density at radius 1 is 1.05 bits per heavy atom. The molecule has 114 valence electrons. The first kappa shape index (κ1) is 17.0. The van der Waals surface area contributed by atoms with Gasteiger partial charge in [0.1, 0.15) is 5.75 Å². The summed E-state index contributed by atoms with van der Waals surface area (Å²) in [6, 6.07) is 8.87. The molecule has 0 saturated carbocycles. The van der Waals surface area contributed by atoms with E-state index in [2.05, 4.69) is 43.4 Å². The predicted octanol–water partition coefficient (Wildman–Crippen LogP) is 3.94. The van der Waals surface area contributed by atoms with E-state index < -0.39 is 0 Å². The molecule has 0 fully saturated rings. The Balaban J connectivity index is 2.52. The van der Waals surface area contributed by atoms with Gasteiger partial charge in [-0.2, -0.15) is 0 Å². The van der Waals surface area contributed by atoms with Crippen LogP contribution in [-0.4, -0.2) is 26.4 Å². The zero-order chi connectivity index (χ0) is 14.6. The van der Waals surface area contributed by atoms with Gasteiger partial charge in [-0.1, -0.05) is 26.0 Å². The number of benzene rings is 1. The smallest absolute Gasteiger partial charge is 0.119 e. The van der Waals surface area contributed by atoms with Crippen molar-refractivity contribution in [1.29, 1.82) is 0 Å². The Morgan fingerprint density at radius 3 is 2.40 bits per heavy atom. The SMILES string of the molecule is CCCOc1ccc(C(CCCOCC)NCC)cc1. The molecule has 0 aliphatic heterocycles. The number of hydrogen-bond donors (Lipinski definition) is 1. The van der Waals surface area contributed by atoms with E-state index in [-0.39, 0.29) is 0 Å². The molecule has 1 N–H and O–H groups in total. The van der Waals surface area contributed by atoms with Gasteiger partial charge in [-0.3, -0.25) is 0 Å². The molecule has 1 aromatic carbocycles. The zero-order valence-corrected chi connectivity index (χ0v) is 13.2. The van der Waals surface area contributed by atoms with Crippen LogP contribution >= 0.6 is 0 Å². The van der Waals surface area contributed by atoms with Crippen LogP contribution in [0, 0.1) is 0 Å². The van der Waals surface area contributed by atoms with Gasteiger partial charge >= 0.3 is 0 Å². The summed E-state index contributed by atoms with van der Waals surface area (Å²) in [6.07, 6.45) is 3.22. The lowest BCUT2D eigenvalue weighted by molar-refractivity contribution is 0.141. The van der Waals surface area contributed by atoms with Crippen LogP contribution in [0.2, 0.25) is 0 Å². The molecule has 0 radical (unpaired) electrons. The Morgan fingerprint density at radius 2 is 1.80 bits per heavy atom. The molecule has 0 amide bonds. The molecule has 1 unspecified atom stereocenters. The summed E-state index contributed by atoms with van der Waals surface area (Å²) in [6.45, 7) is 9.71. The first-order valence-corrected chi connectivity index (χ1v) is 7.85. The van der Waals surface area contributed by atoms with Crippen molar-refractivity contribution in [3.63, 3.8) is 0 Å². The molecule has 3 heteroatoms. The first-order chi connectivity index (χ1) is 9.81. The molecule has 0 bridgehead atoms. The Bertz CT molecular complexity index is 337. The molecule has 0 aromatic heterocycles. The topological polar surface area (TPSA) is 30.5 Å². The summed E-state index contributed by atoms with van der Waals surface area (Å²) in [5, 5.41) is 3.54. The van der Waals surface area contributed by atoms with E-state index in [1.165, 1.54) is 5.56 Å². The van der Waals surface area contributed by atoms with Gasteiger partial charge in [0.05, 0.1) is 6.61 Å². The molecule has 0 heterocycles. The number of ether oxygens (including phenoxy) is 2. The van der Waals surface area contributed by atoms with Crippen LogP contribution < -0.4 is 10.1 Å². The summed E-state index contributed by atoms with van der Waals surface area (Å²) < 4.78 is 11.0. The summed E-state index contributed by atoms with van der Waals surface area (Å²) in [5.74, 6) is 0.958. The summed E-state index contributed by atoms with van der Waals surface area (Å²) in [7, 11) is 0. The molecule has 0 aliphatic carbocycles. The van der Waals surface area contributed by atoms with Crippen LogP contribution in [0.5, 0.6) is 5.75 Å². The second kappa shape index (κ2) is 10.7. The van der Waals surface area contributed by atoms with Crippen molar-refractivity contribution in [3.8, 4) is 5.75 Å². The molecule has 3 nitrogen and oxygen atoms in total. The summed E-state index contributed by atoms with van der Waals surface area (Å²) in [4.78, 5) is 0. The molecule has 1 rings (SSSR count). The van der Waals surface area contributed by atoms with E-state index in [1.54, 1.807) is 0 Å². The van der Waals surface area contributed by atoms with Gasteiger partial charge in [0, 0.05) is 19.3 Å². The third kappa shape index (κ3) is 6.40. The normalized spacial score (nSPS) is 12.3. The van der Waals surface area contributed by atoms with Crippen molar-refractivity contribution in [3.05, 3.63) is 29.8 Å². The lowest BCUT2D eigenvalue weighted by Gasteiger charge is -2.18. The van der Waals surface area contributed by atoms with E-state index in [0.717, 1.165) is 51.4 Å². The van der Waals surface area contributed by atoms with Crippen LogP contribution in [0.25, 0.3) is 0 Å². The largest absolute Gasteiger partial charge is 0.494 e. The highest BCUT2D eigenvalue weighted by molar-refractivity contribution is 5.29. The van der Waals surface area contributed by atoms with Crippen molar-refractivity contribution in [2.45, 2.75) is 46.1 Å². The zero-order valence-electron chi connectivity index (χ0n) is 13.2. The standard InChI is InChI=1S/C17H29NO2/c1-4-13-20-16-11-9-15(10-12-16)17(18-5-2)8-7-14-19-6-3/h9-12,17-18H,4-8,13-14H2,1-3H3. The Hall–Kier alpha value is -1.06. The third-order valence-electron chi connectivity index (χ3n) is 3.19. The maximum Gasteiger partial charge on any atom is 0.119 e. The maximum absolute atomic E-state index is 5.62. The van der Waals surface area contributed by atoms with Gasteiger partial charge in [0.25, 0.3) is 0 Å². The molecule has 0 saturated heterocycles. The first-order valence-electron chi connectivity index (χ1n) is 7.85. The van der Waals surface area contributed by atoms with Gasteiger partial charge in [0.15, 0.2) is 0 Å². The highest BCUT2D eigenvalue weighted by Gasteiger charge is 2.10. The molecule has 1 aromatic rings. The van der Waals surface area contributed by atoms with Crippen molar-refractivity contribution in [2.24, 2.45) is 0 Å². The van der Waals surface area contributed by atoms with Crippen molar-refractivity contribution >= 4 is 0 Å². The lowest BCUT2D eigenvalue weighted by atomic mass is 10.0. The van der Waals surface area contributed by atoms with Crippen LogP contribution in [0.4, 0.5) is 0 Å². The minimum atomic E-state index is 0.403. The minimum Gasteiger partial charge on any atom is -0.494 e. The van der Waals surface area contributed by atoms with Gasteiger partial charge in [-0.15, -0.1) is 0 Å². The second-order valence-electron chi connectivity index (χ2n) is 4.87. The number of hydrogen-bond acceptors (Lipinski definition) is 3. The van der Waals surface area contributed by atoms with Crippen LogP contribution in [0.15, 0.2) is 24.3 Å². The monoisotopic (exact) mass is 279 g/mol. The second-order valence-corrected chi connectivity index (χ2v) is 4.87. The van der Waals surface area contributed by atoms with Crippen molar-refractivity contribution in [1.82, 2.24) is 5.32 Å². The molecule has 0 aliphatic rings. The number of rotatable bonds is 11. The van der Waals surface area contributed by atoms with Gasteiger partial charge in [0.2, 0.25) is 0 Å². The van der Waals surface area contributed by atoms with Crippen LogP contribution in [0.3, 0.4) is 0 Å². The third-order valence-corrected chi connectivity index (χ3v) is 3.19. The molecule has 20 heavy (non-hydrogen) atoms. The fraction of sp³-hybridized carbons (Fsp3) is 0.647. The fourth-order valence-corrected chi connectivity index (χ4v) is 2.18. The fourth-order valence-electron chi connectivity index (χ4n) is 2.18. The Kier molecular flexibility index (Phi) is 9.09. The Labute approximate surface area is 123 Å². The van der Waals surface area contributed by atoms with Gasteiger partial charge in [-0.05, 0) is 50.4 Å². The van der Waals surface area contributed by atoms with E-state index in [4.69, 9.17) is 9.47 Å². The average molecular weight is 279 g/mol. The molecular weight excluding hydrogens is 250 g/mol. The highest BCUT2D eigenvalue weighted by Crippen LogP contribution is 2.21. The molecule has 1 atom stereocenters. The predicted molar refractivity (Wildman–Crippen MR) is 84.4 cm³/mol. The summed E-state index contributed by atoms with van der Waals surface area (Å²) in [5.41, 5.74) is 1.33. The van der Waals surface area contributed by atoms with E-state index in [0.29, 0.717) is 6.04 Å². The average Bonchev–Trinajstić information content (AvgIpc) is 2.49. The number of nitrogens with one attached hydrogen (secondary N) is 1.